The molecule has 0 radical (unpaired) electrons. The molecule has 1 saturated heterocycles. The van der Waals surface area contributed by atoms with Crippen LogP contribution in [0, 0.1) is 6.92 Å². The largest absolute Gasteiger partial charge is 0.365 e. The lowest BCUT2D eigenvalue weighted by atomic mass is 10.2. The number of aryl methyl sites for hydroxylation is 1. The van der Waals surface area contributed by atoms with Crippen LogP contribution in [0.1, 0.15) is 12.0 Å². The minimum atomic E-state index is 0.381. The van der Waals surface area contributed by atoms with Gasteiger partial charge in [0.2, 0.25) is 5.95 Å². The molecule has 0 saturated carbocycles. The average Bonchev–Trinajstić information content (AvgIpc) is 2.96. The number of hydrogen-bond acceptors (Lipinski definition) is 6. The molecule has 0 spiro atoms. The Balaban J connectivity index is 1.66. The van der Waals surface area contributed by atoms with Crippen LogP contribution in [-0.4, -0.2) is 48.2 Å². The van der Waals surface area contributed by atoms with Crippen LogP contribution in [0.2, 0.25) is 0 Å². The first-order valence-electron chi connectivity index (χ1n) is 7.57. The maximum atomic E-state index is 4.52. The molecule has 0 amide bonds. The summed E-state index contributed by atoms with van der Waals surface area (Å²) in [4.78, 5) is 17.5. The van der Waals surface area contributed by atoms with Gasteiger partial charge in [0.15, 0.2) is 0 Å². The second-order valence-corrected chi connectivity index (χ2v) is 5.86. The van der Waals surface area contributed by atoms with Gasteiger partial charge in [0.25, 0.3) is 0 Å². The fourth-order valence-electron chi connectivity index (χ4n) is 2.73. The van der Waals surface area contributed by atoms with Crippen molar-refractivity contribution in [3.63, 3.8) is 0 Å². The molecule has 0 aliphatic carbocycles. The van der Waals surface area contributed by atoms with Crippen molar-refractivity contribution in [2.75, 3.05) is 42.3 Å². The Morgan fingerprint density at radius 1 is 1.23 bits per heavy atom. The third-order valence-electron chi connectivity index (χ3n) is 3.86. The number of hydrogen-bond donors (Lipinski definition) is 1. The van der Waals surface area contributed by atoms with Crippen molar-refractivity contribution in [2.24, 2.45) is 0 Å². The molecule has 1 N–H and O–H groups in total. The predicted molar refractivity (Wildman–Crippen MR) is 89.6 cm³/mol. The van der Waals surface area contributed by atoms with Gasteiger partial charge in [0, 0.05) is 45.6 Å². The zero-order chi connectivity index (χ0) is 15.5. The third kappa shape index (κ3) is 3.10. The Hall–Kier alpha value is -2.37. The van der Waals surface area contributed by atoms with Crippen molar-refractivity contribution >= 4 is 17.6 Å². The van der Waals surface area contributed by atoms with E-state index in [4.69, 9.17) is 0 Å². The molecule has 22 heavy (non-hydrogen) atoms. The quantitative estimate of drug-likeness (QED) is 0.931. The lowest BCUT2D eigenvalue weighted by Crippen LogP contribution is -2.27. The van der Waals surface area contributed by atoms with Gasteiger partial charge in [-0.15, -0.1) is 0 Å². The summed E-state index contributed by atoms with van der Waals surface area (Å²) in [7, 11) is 3.89. The molecule has 0 bridgehead atoms. The smallest absolute Gasteiger partial charge is 0.226 e. The van der Waals surface area contributed by atoms with Crippen LogP contribution in [0.3, 0.4) is 0 Å². The molecule has 1 atom stereocenters. The molecule has 6 heteroatoms. The van der Waals surface area contributed by atoms with Gasteiger partial charge < -0.3 is 15.1 Å². The maximum Gasteiger partial charge on any atom is 0.226 e. The number of pyridine rings is 1. The second-order valence-electron chi connectivity index (χ2n) is 5.86. The van der Waals surface area contributed by atoms with Crippen LogP contribution in [0.5, 0.6) is 0 Å². The highest BCUT2D eigenvalue weighted by molar-refractivity contribution is 5.48. The number of anilines is 3. The summed E-state index contributed by atoms with van der Waals surface area (Å²) >= 11 is 0. The predicted octanol–water partition coefficient (Wildman–Crippen LogP) is 1.94. The molecule has 2 aromatic rings. The highest BCUT2D eigenvalue weighted by Gasteiger charge is 2.24. The van der Waals surface area contributed by atoms with Crippen molar-refractivity contribution < 1.29 is 0 Å². The van der Waals surface area contributed by atoms with E-state index < -0.39 is 0 Å². The van der Waals surface area contributed by atoms with Crippen LogP contribution in [0.4, 0.5) is 17.6 Å². The van der Waals surface area contributed by atoms with E-state index in [0.717, 1.165) is 37.1 Å². The first-order chi connectivity index (χ1) is 10.6. The summed E-state index contributed by atoms with van der Waals surface area (Å²) in [5.74, 6) is 2.69. The van der Waals surface area contributed by atoms with Crippen LogP contribution >= 0.6 is 0 Å². The molecule has 0 aromatic carbocycles. The van der Waals surface area contributed by atoms with Crippen molar-refractivity contribution in [3.8, 4) is 0 Å². The molecule has 1 aliphatic heterocycles. The Labute approximate surface area is 131 Å². The van der Waals surface area contributed by atoms with Crippen LogP contribution < -0.4 is 15.1 Å². The van der Waals surface area contributed by atoms with E-state index in [-0.39, 0.29) is 0 Å². The van der Waals surface area contributed by atoms with Crippen LogP contribution in [0.15, 0.2) is 30.6 Å². The van der Waals surface area contributed by atoms with E-state index in [1.165, 1.54) is 5.56 Å². The van der Waals surface area contributed by atoms with E-state index in [0.29, 0.717) is 6.04 Å². The zero-order valence-electron chi connectivity index (χ0n) is 13.3. The minimum absolute atomic E-state index is 0.381. The molecule has 2 aromatic heterocycles. The molecule has 1 aliphatic rings. The van der Waals surface area contributed by atoms with Crippen LogP contribution in [-0.2, 0) is 0 Å². The van der Waals surface area contributed by atoms with Crippen molar-refractivity contribution in [3.05, 3.63) is 36.2 Å². The summed E-state index contributed by atoms with van der Waals surface area (Å²) < 4.78 is 0. The number of rotatable bonds is 4. The van der Waals surface area contributed by atoms with E-state index in [1.54, 1.807) is 6.20 Å². The van der Waals surface area contributed by atoms with E-state index in [2.05, 4.69) is 38.2 Å². The van der Waals surface area contributed by atoms with Gasteiger partial charge in [-0.05, 0) is 31.0 Å². The van der Waals surface area contributed by atoms with Gasteiger partial charge in [0.05, 0.1) is 0 Å². The lowest BCUT2D eigenvalue weighted by molar-refractivity contribution is 0.797. The summed E-state index contributed by atoms with van der Waals surface area (Å²) in [5.41, 5.74) is 1.22. The van der Waals surface area contributed by atoms with Crippen molar-refractivity contribution in [1.29, 1.82) is 0 Å². The maximum absolute atomic E-state index is 4.52. The van der Waals surface area contributed by atoms with Gasteiger partial charge in [-0.1, -0.05) is 6.07 Å². The Morgan fingerprint density at radius 2 is 2.09 bits per heavy atom. The first kappa shape index (κ1) is 14.6. The summed E-state index contributed by atoms with van der Waals surface area (Å²) in [6.45, 7) is 4.07. The SMILES string of the molecule is Cc1cccnc1N1CCC(Nc2ccnc(N(C)C)n2)C1. The molecule has 116 valence electrons. The standard InChI is InChI=1S/C16H22N6/c1-12-5-4-8-17-15(12)22-10-7-13(11-22)19-14-6-9-18-16(20-14)21(2)3/h4-6,8-9,13H,7,10-11H2,1-3H3,(H,18,19,20). The molecule has 3 rings (SSSR count). The summed E-state index contributed by atoms with van der Waals surface area (Å²) in [5, 5.41) is 3.51. The fourth-order valence-corrected chi connectivity index (χ4v) is 2.73. The Kier molecular flexibility index (Phi) is 4.09. The van der Waals surface area contributed by atoms with Gasteiger partial charge in [-0.2, -0.15) is 4.98 Å². The topological polar surface area (TPSA) is 57.2 Å². The molecule has 6 nitrogen and oxygen atoms in total. The highest BCUT2D eigenvalue weighted by atomic mass is 15.3. The lowest BCUT2D eigenvalue weighted by Gasteiger charge is -2.20. The second kappa shape index (κ2) is 6.17. The van der Waals surface area contributed by atoms with Crippen LogP contribution in [0.25, 0.3) is 0 Å². The summed E-state index contributed by atoms with van der Waals surface area (Å²) in [6, 6.07) is 6.39. The molecular weight excluding hydrogens is 276 g/mol. The first-order valence-corrected chi connectivity index (χ1v) is 7.57. The number of aromatic nitrogens is 3. The van der Waals surface area contributed by atoms with E-state index >= 15 is 0 Å². The number of nitrogens with one attached hydrogen (secondary N) is 1. The Morgan fingerprint density at radius 3 is 2.86 bits per heavy atom. The molecule has 1 fully saturated rings. The van der Waals surface area contributed by atoms with Crippen molar-refractivity contribution in [1.82, 2.24) is 15.0 Å². The zero-order valence-corrected chi connectivity index (χ0v) is 13.3. The third-order valence-corrected chi connectivity index (χ3v) is 3.86. The average molecular weight is 298 g/mol. The Bertz CT molecular complexity index is 642. The van der Waals surface area contributed by atoms with Gasteiger partial charge in [-0.3, -0.25) is 0 Å². The normalized spacial score (nSPS) is 17.6. The van der Waals surface area contributed by atoms with E-state index in [9.17, 15) is 0 Å². The van der Waals surface area contributed by atoms with E-state index in [1.807, 2.05) is 37.3 Å². The fraction of sp³-hybridized carbons (Fsp3) is 0.438. The monoisotopic (exact) mass is 298 g/mol. The van der Waals surface area contributed by atoms with Gasteiger partial charge >= 0.3 is 0 Å². The highest BCUT2D eigenvalue weighted by Crippen LogP contribution is 2.23. The minimum Gasteiger partial charge on any atom is -0.365 e. The molecular formula is C16H22N6. The van der Waals surface area contributed by atoms with Gasteiger partial charge in [0.1, 0.15) is 11.6 Å². The summed E-state index contributed by atoms with van der Waals surface area (Å²) in [6.07, 6.45) is 4.73. The number of nitrogens with zero attached hydrogens (tertiary/aromatic N) is 5. The molecule has 3 heterocycles. The van der Waals surface area contributed by atoms with Gasteiger partial charge in [-0.25, -0.2) is 9.97 Å². The van der Waals surface area contributed by atoms with Crippen molar-refractivity contribution in [2.45, 2.75) is 19.4 Å². The molecule has 1 unspecified atom stereocenters.